The lowest BCUT2D eigenvalue weighted by Crippen LogP contribution is -2.29. The summed E-state index contributed by atoms with van der Waals surface area (Å²) in [7, 11) is 3.09. The van der Waals surface area contributed by atoms with Gasteiger partial charge >= 0.3 is 5.97 Å². The molecule has 0 aliphatic carbocycles. The van der Waals surface area contributed by atoms with Crippen molar-refractivity contribution >= 4 is 29.1 Å². The van der Waals surface area contributed by atoms with Gasteiger partial charge < -0.3 is 19.3 Å². The smallest absolute Gasteiger partial charge is 0.308 e. The molecule has 0 spiro atoms. The summed E-state index contributed by atoms with van der Waals surface area (Å²) in [5.74, 6) is -0.787. The van der Waals surface area contributed by atoms with Crippen molar-refractivity contribution in [1.82, 2.24) is 0 Å². The third-order valence-electron chi connectivity index (χ3n) is 6.25. The third-order valence-corrected chi connectivity index (χ3v) is 6.25. The van der Waals surface area contributed by atoms with E-state index in [1.54, 1.807) is 74.7 Å². The Balaban J connectivity index is 1.92. The van der Waals surface area contributed by atoms with Crippen molar-refractivity contribution in [3.63, 3.8) is 0 Å². The maximum absolute atomic E-state index is 13.4. The van der Waals surface area contributed by atoms with Crippen LogP contribution in [0.5, 0.6) is 17.2 Å². The minimum Gasteiger partial charge on any atom is -0.507 e. The van der Waals surface area contributed by atoms with Crippen molar-refractivity contribution in [2.24, 2.45) is 0 Å². The monoisotopic (exact) mass is 501 g/mol. The van der Waals surface area contributed by atoms with Crippen LogP contribution in [0.1, 0.15) is 35.2 Å². The molecule has 1 aliphatic rings. The summed E-state index contributed by atoms with van der Waals surface area (Å²) in [4.78, 5) is 39.5. The van der Waals surface area contributed by atoms with E-state index in [0.717, 1.165) is 5.56 Å². The number of Topliss-reactive ketones (excluding diaryl/α,β-unsaturated/α-hetero) is 1. The molecule has 1 amide bonds. The number of ketones is 1. The number of hydrogen-bond acceptors (Lipinski definition) is 7. The second-order valence-corrected chi connectivity index (χ2v) is 8.67. The van der Waals surface area contributed by atoms with Crippen molar-refractivity contribution in [2.45, 2.75) is 26.8 Å². The van der Waals surface area contributed by atoms with Gasteiger partial charge in [-0.1, -0.05) is 12.1 Å². The average molecular weight is 502 g/mol. The van der Waals surface area contributed by atoms with Crippen LogP contribution in [0.2, 0.25) is 0 Å². The van der Waals surface area contributed by atoms with Gasteiger partial charge in [-0.15, -0.1) is 0 Å². The summed E-state index contributed by atoms with van der Waals surface area (Å²) in [6, 6.07) is 15.8. The van der Waals surface area contributed by atoms with Crippen LogP contribution in [-0.4, -0.2) is 37.0 Å². The highest BCUT2D eigenvalue weighted by Crippen LogP contribution is 2.43. The van der Waals surface area contributed by atoms with E-state index in [2.05, 4.69) is 0 Å². The fraction of sp³-hybridized carbons (Fsp3) is 0.207. The number of aliphatic hydroxyl groups is 1. The summed E-state index contributed by atoms with van der Waals surface area (Å²) >= 11 is 0. The summed E-state index contributed by atoms with van der Waals surface area (Å²) in [6.45, 7) is 4.92. The Morgan fingerprint density at radius 1 is 0.865 bits per heavy atom. The molecule has 1 N–H and O–H groups in total. The molecule has 0 bridgehead atoms. The standard InChI is InChI=1S/C29H27NO7/c1-16-15-24(36-5)17(2)14-23(16)27(32)25-26(19-6-10-22(11-7-19)37-18(3)31)30(29(34)28(25)33)20-8-12-21(35-4)13-9-20/h6-15,26,32H,1-5H3/b27-25+. The van der Waals surface area contributed by atoms with Gasteiger partial charge in [0, 0.05) is 18.2 Å². The number of ether oxygens (including phenoxy) is 3. The Labute approximate surface area is 214 Å². The van der Waals surface area contributed by atoms with E-state index in [9.17, 15) is 19.5 Å². The van der Waals surface area contributed by atoms with Gasteiger partial charge in [0.25, 0.3) is 11.7 Å². The molecule has 1 atom stereocenters. The number of nitrogens with zero attached hydrogens (tertiary/aromatic N) is 1. The van der Waals surface area contributed by atoms with Gasteiger partial charge in [-0.2, -0.15) is 0 Å². The molecule has 0 saturated carbocycles. The summed E-state index contributed by atoms with van der Waals surface area (Å²) in [5.41, 5.74) is 2.83. The normalized spacial score (nSPS) is 16.6. The van der Waals surface area contributed by atoms with Crippen molar-refractivity contribution in [1.29, 1.82) is 0 Å². The van der Waals surface area contributed by atoms with Crippen molar-refractivity contribution < 1.29 is 33.7 Å². The lowest BCUT2D eigenvalue weighted by Gasteiger charge is -2.26. The Hall–Kier alpha value is -4.59. The Bertz CT molecular complexity index is 1410. The van der Waals surface area contributed by atoms with Crippen LogP contribution in [-0.2, 0) is 14.4 Å². The topological polar surface area (TPSA) is 102 Å². The van der Waals surface area contributed by atoms with E-state index in [-0.39, 0.29) is 11.3 Å². The zero-order chi connectivity index (χ0) is 26.9. The minimum absolute atomic E-state index is 0.0475. The number of anilines is 1. The second-order valence-electron chi connectivity index (χ2n) is 8.67. The molecule has 1 unspecified atom stereocenters. The number of benzene rings is 3. The summed E-state index contributed by atoms with van der Waals surface area (Å²) < 4.78 is 15.7. The quantitative estimate of drug-likeness (QED) is 0.169. The molecular formula is C29H27NO7. The van der Waals surface area contributed by atoms with Crippen LogP contribution in [0.15, 0.2) is 66.2 Å². The molecule has 0 aromatic heterocycles. The predicted octanol–water partition coefficient (Wildman–Crippen LogP) is 4.87. The first-order valence-corrected chi connectivity index (χ1v) is 11.5. The molecule has 1 heterocycles. The summed E-state index contributed by atoms with van der Waals surface area (Å²) in [5, 5.41) is 11.5. The van der Waals surface area contributed by atoms with E-state index in [1.807, 2.05) is 6.92 Å². The minimum atomic E-state index is -0.929. The largest absolute Gasteiger partial charge is 0.507 e. The molecular weight excluding hydrogens is 474 g/mol. The van der Waals surface area contributed by atoms with E-state index < -0.39 is 23.7 Å². The number of esters is 1. The van der Waals surface area contributed by atoms with E-state index in [4.69, 9.17) is 14.2 Å². The van der Waals surface area contributed by atoms with Crippen molar-refractivity contribution in [2.75, 3.05) is 19.1 Å². The Kier molecular flexibility index (Phi) is 7.02. The van der Waals surface area contributed by atoms with Crippen molar-refractivity contribution in [3.8, 4) is 17.2 Å². The third kappa shape index (κ3) is 4.78. The fourth-order valence-electron chi connectivity index (χ4n) is 4.45. The van der Waals surface area contributed by atoms with Gasteiger partial charge in [-0.25, -0.2) is 0 Å². The fourth-order valence-corrected chi connectivity index (χ4v) is 4.45. The number of amides is 1. The molecule has 1 aliphatic heterocycles. The van der Waals surface area contributed by atoms with Gasteiger partial charge in [0.15, 0.2) is 0 Å². The SMILES string of the molecule is COc1ccc(N2C(=O)C(=O)/C(=C(/O)c3cc(C)c(OC)cc3C)C2c2ccc(OC(C)=O)cc2)cc1. The van der Waals surface area contributed by atoms with Gasteiger partial charge in [-0.05, 0) is 79.1 Å². The first-order valence-electron chi connectivity index (χ1n) is 11.5. The van der Waals surface area contributed by atoms with Crippen LogP contribution < -0.4 is 19.1 Å². The summed E-state index contributed by atoms with van der Waals surface area (Å²) in [6.07, 6.45) is 0. The first kappa shape index (κ1) is 25.5. The van der Waals surface area contributed by atoms with Crippen LogP contribution in [0.3, 0.4) is 0 Å². The maximum atomic E-state index is 13.4. The van der Waals surface area contributed by atoms with Crippen LogP contribution in [0, 0.1) is 13.8 Å². The zero-order valence-electron chi connectivity index (χ0n) is 21.2. The molecule has 4 rings (SSSR count). The zero-order valence-corrected chi connectivity index (χ0v) is 21.2. The van der Waals surface area contributed by atoms with E-state index in [1.165, 1.54) is 18.9 Å². The number of aryl methyl sites for hydroxylation is 2. The number of carbonyl (C=O) groups excluding carboxylic acids is 3. The Morgan fingerprint density at radius 2 is 1.49 bits per heavy atom. The number of hydrogen-bond donors (Lipinski definition) is 1. The van der Waals surface area contributed by atoms with Crippen LogP contribution >= 0.6 is 0 Å². The molecule has 8 nitrogen and oxygen atoms in total. The van der Waals surface area contributed by atoms with E-state index in [0.29, 0.717) is 39.6 Å². The van der Waals surface area contributed by atoms with Gasteiger partial charge in [0.05, 0.1) is 25.8 Å². The van der Waals surface area contributed by atoms with Crippen molar-refractivity contribution in [3.05, 3.63) is 88.5 Å². The number of rotatable bonds is 6. The second kappa shape index (κ2) is 10.2. The maximum Gasteiger partial charge on any atom is 0.308 e. The van der Waals surface area contributed by atoms with Gasteiger partial charge in [0.2, 0.25) is 0 Å². The lowest BCUT2D eigenvalue weighted by molar-refractivity contribution is -0.132. The first-order chi connectivity index (χ1) is 17.7. The highest BCUT2D eigenvalue weighted by Gasteiger charge is 2.47. The molecule has 37 heavy (non-hydrogen) atoms. The Morgan fingerprint density at radius 3 is 2.05 bits per heavy atom. The highest BCUT2D eigenvalue weighted by atomic mass is 16.5. The average Bonchev–Trinajstić information content (AvgIpc) is 3.15. The van der Waals surface area contributed by atoms with E-state index >= 15 is 0 Å². The van der Waals surface area contributed by atoms with Crippen LogP contribution in [0.25, 0.3) is 5.76 Å². The lowest BCUT2D eigenvalue weighted by atomic mass is 9.93. The molecule has 190 valence electrons. The molecule has 3 aromatic carbocycles. The van der Waals surface area contributed by atoms with Gasteiger partial charge in [-0.3, -0.25) is 19.3 Å². The molecule has 0 radical (unpaired) electrons. The molecule has 1 saturated heterocycles. The number of methoxy groups -OCH3 is 2. The molecule has 3 aromatic rings. The van der Waals surface area contributed by atoms with Crippen LogP contribution in [0.4, 0.5) is 5.69 Å². The molecule has 8 heteroatoms. The predicted molar refractivity (Wildman–Crippen MR) is 138 cm³/mol. The number of aliphatic hydroxyl groups excluding tert-OH is 1. The van der Waals surface area contributed by atoms with Gasteiger partial charge in [0.1, 0.15) is 23.0 Å². The molecule has 1 fully saturated rings. The highest BCUT2D eigenvalue weighted by molar-refractivity contribution is 6.51. The number of carbonyl (C=O) groups is 3.